The van der Waals surface area contributed by atoms with Crippen LogP contribution in [-0.4, -0.2) is 30.2 Å². The molecule has 1 heterocycles. The molecule has 0 aromatic heterocycles. The molecule has 1 aromatic carbocycles. The van der Waals surface area contributed by atoms with Crippen molar-refractivity contribution in [3.05, 3.63) is 30.1 Å². The van der Waals surface area contributed by atoms with E-state index in [1.165, 1.54) is 29.3 Å². The number of benzene rings is 1. The summed E-state index contributed by atoms with van der Waals surface area (Å²) in [6.07, 6.45) is 0.202. The predicted octanol–water partition coefficient (Wildman–Crippen LogP) is 1.76. The second-order valence-corrected chi connectivity index (χ2v) is 3.84. The lowest BCUT2D eigenvalue weighted by atomic mass is 10.3. The molecule has 5 heteroatoms. The Morgan fingerprint density at radius 3 is 2.76 bits per heavy atom. The third kappa shape index (κ3) is 2.94. The number of nitrogens with zero attached hydrogens (tertiary/aromatic N) is 1. The lowest BCUT2D eigenvalue weighted by molar-refractivity contribution is -0.175. The van der Waals surface area contributed by atoms with Crippen LogP contribution in [0.2, 0.25) is 0 Å². The first-order valence-electron chi connectivity index (χ1n) is 5.53. The summed E-state index contributed by atoms with van der Waals surface area (Å²) in [5, 5.41) is 1.31. The van der Waals surface area contributed by atoms with E-state index in [1.807, 2.05) is 0 Å². The molecule has 1 aliphatic heterocycles. The molecule has 17 heavy (non-hydrogen) atoms. The van der Waals surface area contributed by atoms with Crippen LogP contribution in [0.1, 0.15) is 13.3 Å². The number of rotatable bonds is 3. The maximum absolute atomic E-state index is 12.7. The maximum Gasteiger partial charge on any atom is 0.286 e. The molecule has 1 atom stereocenters. The SMILES string of the molecule is CC(Oc1ccc(F)cc1)C(=O)N1CCCO1. The van der Waals surface area contributed by atoms with Crippen molar-refractivity contribution >= 4 is 5.91 Å². The molecular weight excluding hydrogens is 225 g/mol. The highest BCUT2D eigenvalue weighted by Gasteiger charge is 2.25. The minimum Gasteiger partial charge on any atom is -0.481 e. The van der Waals surface area contributed by atoms with Crippen LogP contribution in [0.4, 0.5) is 4.39 Å². The third-order valence-corrected chi connectivity index (χ3v) is 2.47. The Hall–Kier alpha value is -1.62. The van der Waals surface area contributed by atoms with Gasteiger partial charge in [-0.25, -0.2) is 9.45 Å². The summed E-state index contributed by atoms with van der Waals surface area (Å²) in [6, 6.07) is 5.56. The molecule has 1 amide bonds. The van der Waals surface area contributed by atoms with Gasteiger partial charge in [0.25, 0.3) is 5.91 Å². The van der Waals surface area contributed by atoms with Crippen LogP contribution in [0.3, 0.4) is 0 Å². The van der Waals surface area contributed by atoms with E-state index in [4.69, 9.17) is 9.57 Å². The zero-order valence-corrected chi connectivity index (χ0v) is 9.56. The van der Waals surface area contributed by atoms with Crippen LogP contribution in [-0.2, 0) is 9.63 Å². The van der Waals surface area contributed by atoms with Gasteiger partial charge < -0.3 is 4.74 Å². The third-order valence-electron chi connectivity index (χ3n) is 2.47. The van der Waals surface area contributed by atoms with E-state index in [2.05, 4.69) is 0 Å². The number of carbonyl (C=O) groups is 1. The van der Waals surface area contributed by atoms with Gasteiger partial charge in [-0.05, 0) is 37.6 Å². The average molecular weight is 239 g/mol. The van der Waals surface area contributed by atoms with Crippen LogP contribution in [0.5, 0.6) is 5.75 Å². The molecule has 1 unspecified atom stereocenters. The first-order chi connectivity index (χ1) is 8.16. The molecule has 92 valence electrons. The summed E-state index contributed by atoms with van der Waals surface area (Å²) >= 11 is 0. The molecule has 1 fully saturated rings. The predicted molar refractivity (Wildman–Crippen MR) is 58.8 cm³/mol. The number of hydrogen-bond donors (Lipinski definition) is 0. The molecule has 1 aliphatic rings. The number of carbonyl (C=O) groups excluding carboxylic acids is 1. The molecule has 2 rings (SSSR count). The normalized spacial score (nSPS) is 16.9. The van der Waals surface area contributed by atoms with Crippen molar-refractivity contribution in [2.45, 2.75) is 19.4 Å². The number of hydroxylamine groups is 2. The van der Waals surface area contributed by atoms with Crippen molar-refractivity contribution in [1.29, 1.82) is 0 Å². The largest absolute Gasteiger partial charge is 0.481 e. The number of hydrogen-bond acceptors (Lipinski definition) is 3. The van der Waals surface area contributed by atoms with Crippen molar-refractivity contribution in [1.82, 2.24) is 5.06 Å². The summed E-state index contributed by atoms with van der Waals surface area (Å²) in [5.41, 5.74) is 0. The fourth-order valence-electron chi connectivity index (χ4n) is 1.59. The van der Waals surface area contributed by atoms with Gasteiger partial charge in [-0.2, -0.15) is 0 Å². The van der Waals surface area contributed by atoms with Crippen LogP contribution >= 0.6 is 0 Å². The van der Waals surface area contributed by atoms with Gasteiger partial charge in [0.05, 0.1) is 13.2 Å². The van der Waals surface area contributed by atoms with E-state index in [9.17, 15) is 9.18 Å². The van der Waals surface area contributed by atoms with E-state index in [-0.39, 0.29) is 11.7 Å². The van der Waals surface area contributed by atoms with Crippen LogP contribution < -0.4 is 4.74 Å². The van der Waals surface area contributed by atoms with Crippen LogP contribution in [0, 0.1) is 5.82 Å². The van der Waals surface area contributed by atoms with Crippen molar-refractivity contribution in [3.63, 3.8) is 0 Å². The standard InChI is InChI=1S/C12H14FNO3/c1-9(12(15)14-7-2-8-16-14)17-11-5-3-10(13)4-6-11/h3-6,9H,2,7-8H2,1H3. The van der Waals surface area contributed by atoms with Gasteiger partial charge in [-0.15, -0.1) is 0 Å². The maximum atomic E-state index is 12.7. The topological polar surface area (TPSA) is 38.8 Å². The van der Waals surface area contributed by atoms with E-state index in [1.54, 1.807) is 6.92 Å². The molecule has 0 N–H and O–H groups in total. The van der Waals surface area contributed by atoms with Gasteiger partial charge in [0, 0.05) is 0 Å². The smallest absolute Gasteiger partial charge is 0.286 e. The number of ether oxygens (including phenoxy) is 1. The zero-order valence-electron chi connectivity index (χ0n) is 9.56. The minimum absolute atomic E-state index is 0.216. The minimum atomic E-state index is -0.640. The first-order valence-corrected chi connectivity index (χ1v) is 5.53. The Balaban J connectivity index is 1.93. The molecule has 1 aromatic rings. The Labute approximate surface area is 98.9 Å². The van der Waals surface area contributed by atoms with E-state index >= 15 is 0 Å². The number of amides is 1. The molecule has 4 nitrogen and oxygen atoms in total. The first kappa shape index (κ1) is 11.9. The van der Waals surface area contributed by atoms with E-state index in [0.717, 1.165) is 6.42 Å². The van der Waals surface area contributed by atoms with Crippen molar-refractivity contribution < 1.29 is 18.8 Å². The van der Waals surface area contributed by atoms with Gasteiger partial charge in [0.15, 0.2) is 6.10 Å². The zero-order chi connectivity index (χ0) is 12.3. The van der Waals surface area contributed by atoms with Crippen LogP contribution in [0.25, 0.3) is 0 Å². The summed E-state index contributed by atoms with van der Waals surface area (Å²) < 4.78 is 18.1. The lowest BCUT2D eigenvalue weighted by Crippen LogP contribution is -2.37. The highest BCUT2D eigenvalue weighted by molar-refractivity contribution is 5.80. The lowest BCUT2D eigenvalue weighted by Gasteiger charge is -2.19. The highest BCUT2D eigenvalue weighted by Crippen LogP contribution is 2.15. The second-order valence-electron chi connectivity index (χ2n) is 3.84. The van der Waals surface area contributed by atoms with Crippen LogP contribution in [0.15, 0.2) is 24.3 Å². The van der Waals surface area contributed by atoms with Crippen molar-refractivity contribution in [2.75, 3.05) is 13.2 Å². The van der Waals surface area contributed by atoms with Gasteiger partial charge in [0.1, 0.15) is 11.6 Å². The van der Waals surface area contributed by atoms with Gasteiger partial charge in [-0.1, -0.05) is 0 Å². The summed E-state index contributed by atoms with van der Waals surface area (Å²) in [7, 11) is 0. The molecule has 0 saturated carbocycles. The Kier molecular flexibility index (Phi) is 3.58. The van der Waals surface area contributed by atoms with Crippen molar-refractivity contribution in [2.24, 2.45) is 0 Å². The molecular formula is C12H14FNO3. The summed E-state index contributed by atoms with van der Waals surface area (Å²) in [5.74, 6) is -0.0857. The monoisotopic (exact) mass is 239 g/mol. The highest BCUT2D eigenvalue weighted by atomic mass is 19.1. The molecule has 0 aliphatic carbocycles. The molecule has 0 radical (unpaired) electrons. The Bertz CT molecular complexity index is 387. The summed E-state index contributed by atoms with van der Waals surface area (Å²) in [4.78, 5) is 17.0. The average Bonchev–Trinajstić information content (AvgIpc) is 2.84. The second kappa shape index (κ2) is 5.14. The fourth-order valence-corrected chi connectivity index (χ4v) is 1.59. The molecule has 0 bridgehead atoms. The fraction of sp³-hybridized carbons (Fsp3) is 0.417. The van der Waals surface area contributed by atoms with Gasteiger partial charge >= 0.3 is 0 Å². The Morgan fingerprint density at radius 2 is 2.18 bits per heavy atom. The van der Waals surface area contributed by atoms with Gasteiger partial charge in [-0.3, -0.25) is 9.63 Å². The quantitative estimate of drug-likeness (QED) is 0.806. The molecule has 1 saturated heterocycles. The van der Waals surface area contributed by atoms with Gasteiger partial charge in [0.2, 0.25) is 0 Å². The van der Waals surface area contributed by atoms with E-state index < -0.39 is 6.10 Å². The van der Waals surface area contributed by atoms with Crippen molar-refractivity contribution in [3.8, 4) is 5.75 Å². The Morgan fingerprint density at radius 1 is 1.47 bits per heavy atom. The number of halogens is 1. The summed E-state index contributed by atoms with van der Waals surface area (Å²) in [6.45, 7) is 2.80. The molecule has 0 spiro atoms. The van der Waals surface area contributed by atoms with E-state index in [0.29, 0.717) is 18.9 Å².